The number of amides is 1. The summed E-state index contributed by atoms with van der Waals surface area (Å²) < 4.78 is 5.01. The molecule has 0 fully saturated rings. The number of hydrogen-bond donors (Lipinski definition) is 1. The van der Waals surface area contributed by atoms with Gasteiger partial charge in [0, 0.05) is 19.3 Å². The van der Waals surface area contributed by atoms with Crippen molar-refractivity contribution in [3.05, 3.63) is 44.9 Å². The van der Waals surface area contributed by atoms with Crippen LogP contribution in [-0.4, -0.2) is 35.4 Å². The number of aryl methyl sites for hydroxylation is 1. The highest BCUT2D eigenvalue weighted by Crippen LogP contribution is 2.21. The predicted octanol–water partition coefficient (Wildman–Crippen LogP) is 3.14. The van der Waals surface area contributed by atoms with E-state index < -0.39 is 5.97 Å². The molecule has 1 N–H and O–H groups in total. The molecule has 0 aromatic carbocycles. The van der Waals surface area contributed by atoms with Gasteiger partial charge in [0.1, 0.15) is 5.69 Å². The van der Waals surface area contributed by atoms with Crippen LogP contribution in [0.3, 0.4) is 0 Å². The van der Waals surface area contributed by atoms with Gasteiger partial charge in [0.05, 0.1) is 12.2 Å². The molecule has 0 saturated carbocycles. The second-order valence-corrected chi connectivity index (χ2v) is 5.92. The van der Waals surface area contributed by atoms with Crippen molar-refractivity contribution in [3.8, 4) is 0 Å². The zero-order chi connectivity index (χ0) is 16.3. The van der Waals surface area contributed by atoms with Crippen molar-refractivity contribution in [2.75, 3.05) is 13.7 Å². The Bertz CT molecular complexity index is 674. The third-order valence-electron chi connectivity index (χ3n) is 3.48. The predicted molar refractivity (Wildman–Crippen MR) is 86.3 cm³/mol. The van der Waals surface area contributed by atoms with Gasteiger partial charge in [0.15, 0.2) is 0 Å². The number of hydrogen-bond acceptors (Lipinski definition) is 4. The van der Waals surface area contributed by atoms with Crippen molar-refractivity contribution in [2.45, 2.75) is 27.3 Å². The number of nitrogens with one attached hydrogen (secondary N) is 1. The lowest BCUT2D eigenvalue weighted by Gasteiger charge is -2.17. The molecule has 2 rings (SSSR count). The third-order valence-corrected chi connectivity index (χ3v) is 4.21. The van der Waals surface area contributed by atoms with Crippen LogP contribution in [0.1, 0.15) is 44.6 Å². The van der Waals surface area contributed by atoms with Crippen molar-refractivity contribution in [2.24, 2.45) is 0 Å². The normalized spacial score (nSPS) is 10.5. The average Bonchev–Trinajstić information content (AvgIpc) is 3.07. The second-order valence-electron chi connectivity index (χ2n) is 5.14. The summed E-state index contributed by atoms with van der Waals surface area (Å²) in [5.41, 5.74) is 3.31. The van der Waals surface area contributed by atoms with Gasteiger partial charge in [0.25, 0.3) is 5.91 Å². The maximum atomic E-state index is 12.7. The van der Waals surface area contributed by atoms with E-state index in [1.54, 1.807) is 44.1 Å². The van der Waals surface area contributed by atoms with E-state index in [4.69, 9.17) is 4.74 Å². The summed E-state index contributed by atoms with van der Waals surface area (Å²) in [6.07, 6.45) is 0. The van der Waals surface area contributed by atoms with E-state index in [0.29, 0.717) is 35.7 Å². The Labute approximate surface area is 133 Å². The molecule has 0 saturated heterocycles. The van der Waals surface area contributed by atoms with Gasteiger partial charge >= 0.3 is 5.97 Å². The third kappa shape index (κ3) is 3.22. The van der Waals surface area contributed by atoms with Gasteiger partial charge in [-0.15, -0.1) is 0 Å². The minimum absolute atomic E-state index is 0.104. The fraction of sp³-hybridized carbons (Fsp3) is 0.375. The Morgan fingerprint density at radius 2 is 2.09 bits per heavy atom. The van der Waals surface area contributed by atoms with Crippen LogP contribution in [0.5, 0.6) is 0 Å². The molecule has 0 bridgehead atoms. The first-order chi connectivity index (χ1) is 10.5. The molecule has 0 aliphatic carbocycles. The zero-order valence-electron chi connectivity index (χ0n) is 13.2. The fourth-order valence-electron chi connectivity index (χ4n) is 2.40. The van der Waals surface area contributed by atoms with Crippen LogP contribution in [-0.2, 0) is 11.3 Å². The lowest BCUT2D eigenvalue weighted by molar-refractivity contribution is 0.0519. The topological polar surface area (TPSA) is 62.4 Å². The van der Waals surface area contributed by atoms with Gasteiger partial charge in [-0.2, -0.15) is 11.3 Å². The quantitative estimate of drug-likeness (QED) is 0.861. The molecule has 0 spiro atoms. The summed E-state index contributed by atoms with van der Waals surface area (Å²) in [6.45, 7) is 6.16. The molecule has 2 heterocycles. The minimum Gasteiger partial charge on any atom is -0.461 e. The van der Waals surface area contributed by atoms with Crippen molar-refractivity contribution >= 4 is 23.2 Å². The van der Waals surface area contributed by atoms with E-state index in [0.717, 1.165) is 5.56 Å². The summed E-state index contributed by atoms with van der Waals surface area (Å²) in [6, 6.07) is 2.00. The molecular weight excluding hydrogens is 300 g/mol. The summed E-state index contributed by atoms with van der Waals surface area (Å²) in [7, 11) is 1.76. The smallest absolute Gasteiger partial charge is 0.355 e. The Balaban J connectivity index is 2.24. The minimum atomic E-state index is -0.428. The van der Waals surface area contributed by atoms with Crippen molar-refractivity contribution in [1.29, 1.82) is 0 Å². The first-order valence-electron chi connectivity index (χ1n) is 7.08. The van der Waals surface area contributed by atoms with Gasteiger partial charge in [-0.1, -0.05) is 0 Å². The lowest BCUT2D eigenvalue weighted by Crippen LogP contribution is -2.27. The van der Waals surface area contributed by atoms with Crippen LogP contribution in [0.2, 0.25) is 0 Å². The van der Waals surface area contributed by atoms with E-state index >= 15 is 0 Å². The number of aromatic nitrogens is 1. The Hall–Kier alpha value is -2.08. The number of H-pyrrole nitrogens is 1. The molecule has 2 aromatic rings. The highest BCUT2D eigenvalue weighted by atomic mass is 32.1. The van der Waals surface area contributed by atoms with Gasteiger partial charge in [0.2, 0.25) is 0 Å². The molecule has 2 aromatic heterocycles. The number of aromatic amines is 1. The monoisotopic (exact) mass is 320 g/mol. The Kier molecular flexibility index (Phi) is 5.03. The number of ether oxygens (including phenoxy) is 1. The zero-order valence-corrected chi connectivity index (χ0v) is 14.0. The van der Waals surface area contributed by atoms with E-state index in [1.165, 1.54) is 0 Å². The summed E-state index contributed by atoms with van der Waals surface area (Å²) in [5, 5.41) is 4.00. The van der Waals surface area contributed by atoms with Crippen LogP contribution in [0, 0.1) is 13.8 Å². The summed E-state index contributed by atoms with van der Waals surface area (Å²) >= 11 is 1.60. The maximum Gasteiger partial charge on any atom is 0.355 e. The number of carbonyl (C=O) groups is 2. The number of nitrogens with zero attached hydrogens (tertiary/aromatic N) is 1. The van der Waals surface area contributed by atoms with E-state index in [2.05, 4.69) is 4.98 Å². The molecule has 0 aliphatic rings. The second kappa shape index (κ2) is 6.79. The standard InChI is InChI=1S/C16H20N2O3S/c1-5-21-16(20)14-10(2)13(11(3)17-14)15(19)18(4)8-12-6-7-22-9-12/h6-7,9,17H,5,8H2,1-4H3. The van der Waals surface area contributed by atoms with Gasteiger partial charge in [-0.3, -0.25) is 4.79 Å². The van der Waals surface area contributed by atoms with Gasteiger partial charge in [-0.25, -0.2) is 4.79 Å². The van der Waals surface area contributed by atoms with Gasteiger partial charge in [-0.05, 0) is 48.7 Å². The number of rotatable bonds is 5. The largest absolute Gasteiger partial charge is 0.461 e. The molecular formula is C16H20N2O3S. The maximum absolute atomic E-state index is 12.7. The average molecular weight is 320 g/mol. The summed E-state index contributed by atoms with van der Waals surface area (Å²) in [4.78, 5) is 29.2. The van der Waals surface area contributed by atoms with Crippen LogP contribution in [0.4, 0.5) is 0 Å². The molecule has 0 unspecified atom stereocenters. The van der Waals surface area contributed by atoms with E-state index in [-0.39, 0.29) is 5.91 Å². The molecule has 1 amide bonds. The van der Waals surface area contributed by atoms with Gasteiger partial charge < -0.3 is 14.6 Å². The first-order valence-corrected chi connectivity index (χ1v) is 8.02. The Morgan fingerprint density at radius 3 is 2.68 bits per heavy atom. The summed E-state index contributed by atoms with van der Waals surface area (Å²) in [5.74, 6) is -0.532. The fourth-order valence-corrected chi connectivity index (χ4v) is 3.06. The van der Waals surface area contributed by atoms with E-state index in [1.807, 2.05) is 16.8 Å². The number of esters is 1. The molecule has 5 nitrogen and oxygen atoms in total. The molecule has 0 aliphatic heterocycles. The van der Waals surface area contributed by atoms with Crippen molar-refractivity contribution in [3.63, 3.8) is 0 Å². The van der Waals surface area contributed by atoms with Crippen LogP contribution < -0.4 is 0 Å². The van der Waals surface area contributed by atoms with Crippen molar-refractivity contribution in [1.82, 2.24) is 9.88 Å². The highest BCUT2D eigenvalue weighted by Gasteiger charge is 2.24. The molecule has 22 heavy (non-hydrogen) atoms. The van der Waals surface area contributed by atoms with E-state index in [9.17, 15) is 9.59 Å². The highest BCUT2D eigenvalue weighted by molar-refractivity contribution is 7.07. The molecule has 0 atom stereocenters. The lowest BCUT2D eigenvalue weighted by atomic mass is 10.1. The molecule has 6 heteroatoms. The SMILES string of the molecule is CCOC(=O)c1[nH]c(C)c(C(=O)N(C)Cc2ccsc2)c1C. The Morgan fingerprint density at radius 1 is 1.36 bits per heavy atom. The van der Waals surface area contributed by atoms with Crippen molar-refractivity contribution < 1.29 is 14.3 Å². The number of carbonyl (C=O) groups excluding carboxylic acids is 2. The first kappa shape index (κ1) is 16.3. The molecule has 118 valence electrons. The molecule has 0 radical (unpaired) electrons. The van der Waals surface area contributed by atoms with Crippen LogP contribution in [0.25, 0.3) is 0 Å². The van der Waals surface area contributed by atoms with Crippen LogP contribution >= 0.6 is 11.3 Å². The number of thiophene rings is 1. The van der Waals surface area contributed by atoms with Crippen LogP contribution in [0.15, 0.2) is 16.8 Å².